The van der Waals surface area contributed by atoms with Crippen LogP contribution in [0.15, 0.2) is 30.5 Å². The zero-order chi connectivity index (χ0) is 21.3. The number of likely N-dealkylation sites (tertiary alicyclic amines) is 1. The third kappa shape index (κ3) is 5.21. The number of aryl methyl sites for hydroxylation is 2. The van der Waals surface area contributed by atoms with Gasteiger partial charge in [-0.1, -0.05) is 13.0 Å². The fraction of sp³-hybridized carbons (Fsp3) is 0.609. The number of halogens is 3. The fourth-order valence-electron chi connectivity index (χ4n) is 4.41. The van der Waals surface area contributed by atoms with Crippen LogP contribution in [-0.4, -0.2) is 28.9 Å². The average Bonchev–Trinajstić information content (AvgIpc) is 3.27. The van der Waals surface area contributed by atoms with Crippen LogP contribution in [0.25, 0.3) is 0 Å². The standard InChI is InChI=1S/C23H31F3N2S/c1-5-23(25,26)15-22(11-10-19-8-9-20(24)29-19)12-13-28(16-22)21(3,4)18-7-6-17(2)27-14-18/h6-9,14H,5,10-13,15-16H2,1-4H3/t22-/m0/s1. The Balaban J connectivity index is 1.80. The van der Waals surface area contributed by atoms with Crippen molar-refractivity contribution in [1.29, 1.82) is 0 Å². The molecule has 0 aliphatic carbocycles. The number of hydrogen-bond donors (Lipinski definition) is 0. The normalized spacial score (nSPS) is 21.1. The maximum atomic E-state index is 14.5. The van der Waals surface area contributed by atoms with Gasteiger partial charge in [0.2, 0.25) is 5.92 Å². The molecule has 0 bridgehead atoms. The van der Waals surface area contributed by atoms with Gasteiger partial charge in [0, 0.05) is 41.7 Å². The Bertz CT molecular complexity index is 816. The summed E-state index contributed by atoms with van der Waals surface area (Å²) in [4.78, 5) is 7.68. The number of thiophene rings is 1. The number of nitrogens with zero attached hydrogens (tertiary/aromatic N) is 2. The highest BCUT2D eigenvalue weighted by atomic mass is 32.1. The minimum Gasteiger partial charge on any atom is -0.294 e. The van der Waals surface area contributed by atoms with Gasteiger partial charge in [-0.3, -0.25) is 9.88 Å². The van der Waals surface area contributed by atoms with Crippen LogP contribution in [0.2, 0.25) is 0 Å². The molecule has 1 saturated heterocycles. The molecule has 0 amide bonds. The average molecular weight is 425 g/mol. The lowest BCUT2D eigenvalue weighted by molar-refractivity contribution is -0.0519. The topological polar surface area (TPSA) is 16.1 Å². The van der Waals surface area contributed by atoms with Gasteiger partial charge in [0.25, 0.3) is 0 Å². The predicted molar refractivity (Wildman–Crippen MR) is 113 cm³/mol. The van der Waals surface area contributed by atoms with Crippen molar-refractivity contribution >= 4 is 11.3 Å². The van der Waals surface area contributed by atoms with Gasteiger partial charge >= 0.3 is 0 Å². The molecule has 1 atom stereocenters. The van der Waals surface area contributed by atoms with E-state index in [4.69, 9.17) is 0 Å². The van der Waals surface area contributed by atoms with E-state index in [1.54, 1.807) is 13.0 Å². The van der Waals surface area contributed by atoms with E-state index in [-0.39, 0.29) is 23.5 Å². The van der Waals surface area contributed by atoms with Crippen molar-refractivity contribution in [3.63, 3.8) is 0 Å². The first kappa shape index (κ1) is 22.3. The monoisotopic (exact) mass is 424 g/mol. The van der Waals surface area contributed by atoms with Gasteiger partial charge in [-0.2, -0.15) is 4.39 Å². The van der Waals surface area contributed by atoms with Gasteiger partial charge in [-0.25, -0.2) is 8.78 Å². The molecule has 1 aliphatic rings. The molecule has 0 radical (unpaired) electrons. The second-order valence-electron chi connectivity index (χ2n) is 9.01. The van der Waals surface area contributed by atoms with Crippen molar-refractivity contribution in [1.82, 2.24) is 9.88 Å². The molecule has 2 aromatic rings. The molecule has 0 N–H and O–H groups in total. The zero-order valence-electron chi connectivity index (χ0n) is 17.8. The molecule has 0 aromatic carbocycles. The quantitative estimate of drug-likeness (QED) is 0.475. The summed E-state index contributed by atoms with van der Waals surface area (Å²) in [6.45, 7) is 9.19. The number of aromatic nitrogens is 1. The highest BCUT2D eigenvalue weighted by molar-refractivity contribution is 7.10. The molecule has 6 heteroatoms. The van der Waals surface area contributed by atoms with Gasteiger partial charge in [0.1, 0.15) is 0 Å². The van der Waals surface area contributed by atoms with E-state index >= 15 is 0 Å². The van der Waals surface area contributed by atoms with E-state index in [0.29, 0.717) is 19.4 Å². The minimum atomic E-state index is -2.67. The second kappa shape index (κ2) is 8.38. The molecule has 29 heavy (non-hydrogen) atoms. The highest BCUT2D eigenvalue weighted by Crippen LogP contribution is 2.47. The van der Waals surface area contributed by atoms with Crippen molar-refractivity contribution in [2.24, 2.45) is 5.41 Å². The summed E-state index contributed by atoms with van der Waals surface area (Å²) in [6, 6.07) is 7.32. The Hall–Kier alpha value is -1.40. The van der Waals surface area contributed by atoms with Gasteiger partial charge in [0.15, 0.2) is 5.13 Å². The molecule has 0 saturated carbocycles. The summed E-state index contributed by atoms with van der Waals surface area (Å²) >= 11 is 1.12. The lowest BCUT2D eigenvalue weighted by atomic mass is 9.76. The third-order valence-electron chi connectivity index (χ3n) is 6.53. The highest BCUT2D eigenvalue weighted by Gasteiger charge is 2.48. The van der Waals surface area contributed by atoms with Crippen LogP contribution in [0.1, 0.15) is 62.6 Å². The second-order valence-corrected chi connectivity index (χ2v) is 10.1. The Morgan fingerprint density at radius 2 is 1.97 bits per heavy atom. The summed E-state index contributed by atoms with van der Waals surface area (Å²) in [5, 5.41) is -0.214. The Labute approximate surface area is 176 Å². The van der Waals surface area contributed by atoms with Crippen molar-refractivity contribution in [2.45, 2.75) is 71.3 Å². The zero-order valence-corrected chi connectivity index (χ0v) is 18.6. The van der Waals surface area contributed by atoms with Crippen LogP contribution < -0.4 is 0 Å². The van der Waals surface area contributed by atoms with E-state index < -0.39 is 11.3 Å². The van der Waals surface area contributed by atoms with Crippen molar-refractivity contribution in [3.8, 4) is 0 Å². The van der Waals surface area contributed by atoms with Crippen LogP contribution in [0, 0.1) is 17.5 Å². The van der Waals surface area contributed by atoms with Crippen LogP contribution in [0.3, 0.4) is 0 Å². The number of hydrogen-bond acceptors (Lipinski definition) is 3. The molecule has 3 heterocycles. The third-order valence-corrected chi connectivity index (χ3v) is 7.46. The minimum absolute atomic E-state index is 0.108. The molecule has 2 aromatic heterocycles. The van der Waals surface area contributed by atoms with E-state index in [9.17, 15) is 13.2 Å². The van der Waals surface area contributed by atoms with Gasteiger partial charge in [0.05, 0.1) is 0 Å². The maximum absolute atomic E-state index is 14.5. The van der Waals surface area contributed by atoms with E-state index in [1.165, 1.54) is 6.07 Å². The molecule has 0 spiro atoms. The van der Waals surface area contributed by atoms with Crippen LogP contribution >= 0.6 is 11.3 Å². The molecule has 1 aliphatic heterocycles. The van der Waals surface area contributed by atoms with Crippen LogP contribution in [-0.2, 0) is 12.0 Å². The lowest BCUT2D eigenvalue weighted by Gasteiger charge is -2.39. The van der Waals surface area contributed by atoms with E-state index in [0.717, 1.165) is 40.4 Å². The molecule has 1 fully saturated rings. The van der Waals surface area contributed by atoms with Gasteiger partial charge < -0.3 is 0 Å². The Kier molecular flexibility index (Phi) is 6.44. The largest absolute Gasteiger partial charge is 0.294 e. The lowest BCUT2D eigenvalue weighted by Crippen LogP contribution is -2.42. The maximum Gasteiger partial charge on any atom is 0.248 e. The predicted octanol–water partition coefficient (Wildman–Crippen LogP) is 6.59. The molecular formula is C23H31F3N2S. The van der Waals surface area contributed by atoms with Crippen molar-refractivity contribution in [3.05, 3.63) is 51.7 Å². The molecule has 160 valence electrons. The number of alkyl halides is 2. The van der Waals surface area contributed by atoms with Gasteiger partial charge in [-0.05, 0) is 75.8 Å². The molecular weight excluding hydrogens is 393 g/mol. The first-order valence-corrected chi connectivity index (χ1v) is 11.2. The summed E-state index contributed by atoms with van der Waals surface area (Å²) in [7, 11) is 0. The van der Waals surface area contributed by atoms with Crippen LogP contribution in [0.4, 0.5) is 13.2 Å². The first-order valence-electron chi connectivity index (χ1n) is 10.4. The van der Waals surface area contributed by atoms with E-state index in [2.05, 4.69) is 29.8 Å². The Morgan fingerprint density at radius 1 is 1.21 bits per heavy atom. The van der Waals surface area contributed by atoms with Crippen molar-refractivity contribution < 1.29 is 13.2 Å². The Morgan fingerprint density at radius 3 is 2.55 bits per heavy atom. The molecule has 2 nitrogen and oxygen atoms in total. The SMILES string of the molecule is CCC(F)(F)C[C@]1(CCc2ccc(F)s2)CCN(C(C)(C)c2ccc(C)nc2)C1. The number of rotatable bonds is 8. The fourth-order valence-corrected chi connectivity index (χ4v) is 5.14. The van der Waals surface area contributed by atoms with E-state index in [1.807, 2.05) is 19.2 Å². The smallest absolute Gasteiger partial charge is 0.248 e. The van der Waals surface area contributed by atoms with Crippen molar-refractivity contribution in [2.75, 3.05) is 13.1 Å². The summed E-state index contributed by atoms with van der Waals surface area (Å²) < 4.78 is 42.3. The molecule has 3 rings (SSSR count). The summed E-state index contributed by atoms with van der Waals surface area (Å²) in [6.07, 6.45) is 3.68. The summed E-state index contributed by atoms with van der Waals surface area (Å²) in [5.41, 5.74) is 1.32. The summed E-state index contributed by atoms with van der Waals surface area (Å²) in [5.74, 6) is -2.67. The number of pyridine rings is 1. The van der Waals surface area contributed by atoms with Crippen LogP contribution in [0.5, 0.6) is 0 Å². The first-order chi connectivity index (χ1) is 13.6. The van der Waals surface area contributed by atoms with Gasteiger partial charge in [-0.15, -0.1) is 11.3 Å². The molecule has 0 unspecified atom stereocenters.